The minimum atomic E-state index is -0.564. The van der Waals surface area contributed by atoms with E-state index < -0.39 is 5.54 Å². The molecule has 1 rings (SSSR count). The van der Waals surface area contributed by atoms with Crippen LogP contribution >= 0.6 is 11.8 Å². The van der Waals surface area contributed by atoms with Crippen molar-refractivity contribution in [1.29, 1.82) is 0 Å². The highest BCUT2D eigenvalue weighted by Crippen LogP contribution is 2.30. The molecular formula is C14H27NO2S. The largest absolute Gasteiger partial charge is 0.468 e. The lowest BCUT2D eigenvalue weighted by Gasteiger charge is -2.32. The predicted molar refractivity (Wildman–Crippen MR) is 78.0 cm³/mol. The lowest BCUT2D eigenvalue weighted by atomic mass is 10.0. The van der Waals surface area contributed by atoms with Crippen LogP contribution in [-0.2, 0) is 9.53 Å². The van der Waals surface area contributed by atoms with E-state index in [0.29, 0.717) is 0 Å². The Morgan fingerprint density at radius 2 is 2.00 bits per heavy atom. The van der Waals surface area contributed by atoms with Gasteiger partial charge >= 0.3 is 5.97 Å². The lowest BCUT2D eigenvalue weighted by Crippen LogP contribution is -2.55. The monoisotopic (exact) mass is 273 g/mol. The molecule has 1 aliphatic carbocycles. The highest BCUT2D eigenvalue weighted by atomic mass is 32.2. The summed E-state index contributed by atoms with van der Waals surface area (Å²) in [7, 11) is 1.47. The van der Waals surface area contributed by atoms with E-state index in [1.165, 1.54) is 39.2 Å². The van der Waals surface area contributed by atoms with Gasteiger partial charge in [0.25, 0.3) is 0 Å². The fraction of sp³-hybridized carbons (Fsp3) is 0.929. The van der Waals surface area contributed by atoms with Crippen LogP contribution in [0.4, 0.5) is 0 Å². The molecule has 4 heteroatoms. The number of ether oxygens (including phenoxy) is 1. The summed E-state index contributed by atoms with van der Waals surface area (Å²) in [5.74, 6) is 0.641. The van der Waals surface area contributed by atoms with Crippen LogP contribution in [0.1, 0.15) is 52.9 Å². The van der Waals surface area contributed by atoms with Crippen molar-refractivity contribution < 1.29 is 9.53 Å². The third-order valence-corrected chi connectivity index (χ3v) is 5.09. The van der Waals surface area contributed by atoms with Crippen molar-refractivity contribution in [3.63, 3.8) is 0 Å². The standard InChI is InChI=1S/C14H27NO2S/c1-11(2)15-14(3,13(16)17-4)10-18-12-8-6-5-7-9-12/h11-12,15H,5-10H2,1-4H3. The summed E-state index contributed by atoms with van der Waals surface area (Å²) in [6.07, 6.45) is 6.64. The van der Waals surface area contributed by atoms with Crippen LogP contribution in [0.15, 0.2) is 0 Å². The molecule has 0 amide bonds. The topological polar surface area (TPSA) is 38.3 Å². The van der Waals surface area contributed by atoms with Crippen LogP contribution in [-0.4, -0.2) is 35.7 Å². The molecule has 0 aromatic carbocycles. The smallest absolute Gasteiger partial charge is 0.326 e. The molecule has 1 fully saturated rings. The summed E-state index contributed by atoms with van der Waals surface area (Å²) >= 11 is 1.93. The highest BCUT2D eigenvalue weighted by Gasteiger charge is 2.35. The quantitative estimate of drug-likeness (QED) is 0.755. The maximum atomic E-state index is 11.9. The van der Waals surface area contributed by atoms with Gasteiger partial charge in [0.05, 0.1) is 7.11 Å². The van der Waals surface area contributed by atoms with E-state index in [-0.39, 0.29) is 12.0 Å². The molecular weight excluding hydrogens is 246 g/mol. The SMILES string of the molecule is COC(=O)C(C)(CSC1CCCCC1)NC(C)C. The second-order valence-corrected chi connectivity index (χ2v) is 6.98. The average Bonchev–Trinajstić information content (AvgIpc) is 2.36. The van der Waals surface area contributed by atoms with Crippen LogP contribution in [0.25, 0.3) is 0 Å². The summed E-state index contributed by atoms with van der Waals surface area (Å²) in [6.45, 7) is 6.08. The van der Waals surface area contributed by atoms with Gasteiger partial charge in [-0.2, -0.15) is 11.8 Å². The molecule has 3 nitrogen and oxygen atoms in total. The van der Waals surface area contributed by atoms with Gasteiger partial charge in [0, 0.05) is 17.0 Å². The fourth-order valence-corrected chi connectivity index (χ4v) is 3.98. The second-order valence-electron chi connectivity index (χ2n) is 5.69. The number of thioether (sulfide) groups is 1. The molecule has 18 heavy (non-hydrogen) atoms. The zero-order valence-electron chi connectivity index (χ0n) is 12.1. The third-order valence-electron chi connectivity index (χ3n) is 3.40. The Labute approximate surface area is 115 Å². The zero-order chi connectivity index (χ0) is 13.6. The first kappa shape index (κ1) is 15.8. The van der Waals surface area contributed by atoms with Crippen LogP contribution < -0.4 is 5.32 Å². The average molecular weight is 273 g/mol. The van der Waals surface area contributed by atoms with Crippen LogP contribution in [0, 0.1) is 0 Å². The van der Waals surface area contributed by atoms with E-state index in [0.717, 1.165) is 11.0 Å². The van der Waals surface area contributed by atoms with Crippen molar-refractivity contribution in [2.45, 2.75) is 69.7 Å². The Balaban J connectivity index is 2.52. The van der Waals surface area contributed by atoms with Gasteiger partial charge in [-0.25, -0.2) is 0 Å². The number of hydrogen-bond donors (Lipinski definition) is 1. The fourth-order valence-electron chi connectivity index (χ4n) is 2.54. The summed E-state index contributed by atoms with van der Waals surface area (Å²) in [5, 5.41) is 4.07. The second kappa shape index (κ2) is 7.39. The van der Waals surface area contributed by atoms with Crippen molar-refractivity contribution in [2.75, 3.05) is 12.9 Å². The molecule has 0 heterocycles. The maximum absolute atomic E-state index is 11.9. The number of carbonyl (C=O) groups is 1. The normalized spacial score (nSPS) is 20.7. The third kappa shape index (κ3) is 4.81. The van der Waals surface area contributed by atoms with E-state index in [1.54, 1.807) is 0 Å². The number of hydrogen-bond acceptors (Lipinski definition) is 4. The Morgan fingerprint density at radius 3 is 2.50 bits per heavy atom. The summed E-state index contributed by atoms with van der Waals surface area (Å²) < 4.78 is 4.94. The molecule has 106 valence electrons. The van der Waals surface area contributed by atoms with Gasteiger partial charge in [-0.15, -0.1) is 0 Å². The molecule has 1 aliphatic rings. The van der Waals surface area contributed by atoms with E-state index in [4.69, 9.17) is 4.74 Å². The molecule has 0 aliphatic heterocycles. The minimum Gasteiger partial charge on any atom is -0.468 e. The van der Waals surface area contributed by atoms with Crippen molar-refractivity contribution in [3.05, 3.63) is 0 Å². The van der Waals surface area contributed by atoms with Gasteiger partial charge in [0.15, 0.2) is 0 Å². The van der Waals surface area contributed by atoms with Gasteiger partial charge in [-0.1, -0.05) is 19.3 Å². The van der Waals surface area contributed by atoms with Crippen LogP contribution in [0.3, 0.4) is 0 Å². The maximum Gasteiger partial charge on any atom is 0.326 e. The number of methoxy groups -OCH3 is 1. The van der Waals surface area contributed by atoms with Gasteiger partial charge < -0.3 is 4.74 Å². The molecule has 0 aromatic rings. The van der Waals surface area contributed by atoms with Crippen molar-refractivity contribution in [1.82, 2.24) is 5.32 Å². The Hall–Kier alpha value is -0.220. The first-order valence-electron chi connectivity index (χ1n) is 6.95. The number of rotatable bonds is 6. The number of nitrogens with one attached hydrogen (secondary N) is 1. The molecule has 1 unspecified atom stereocenters. The van der Waals surface area contributed by atoms with E-state index in [9.17, 15) is 4.79 Å². The summed E-state index contributed by atoms with van der Waals surface area (Å²) in [5.41, 5.74) is -0.564. The Bertz CT molecular complexity index is 265. The lowest BCUT2D eigenvalue weighted by molar-refractivity contribution is -0.147. The number of esters is 1. The van der Waals surface area contributed by atoms with Gasteiger partial charge in [-0.3, -0.25) is 10.1 Å². The zero-order valence-corrected chi connectivity index (χ0v) is 12.9. The van der Waals surface area contributed by atoms with Crippen molar-refractivity contribution in [2.24, 2.45) is 0 Å². The molecule has 1 N–H and O–H groups in total. The molecule has 1 saturated carbocycles. The van der Waals surface area contributed by atoms with E-state index in [2.05, 4.69) is 19.2 Å². The Kier molecular flexibility index (Phi) is 6.50. The van der Waals surface area contributed by atoms with E-state index >= 15 is 0 Å². The predicted octanol–water partition coefficient (Wildman–Crippen LogP) is 2.98. The highest BCUT2D eigenvalue weighted by molar-refractivity contribution is 8.00. The van der Waals surface area contributed by atoms with Crippen molar-refractivity contribution >= 4 is 17.7 Å². The van der Waals surface area contributed by atoms with Gasteiger partial charge in [0.1, 0.15) is 5.54 Å². The van der Waals surface area contributed by atoms with E-state index in [1.807, 2.05) is 18.7 Å². The Morgan fingerprint density at radius 1 is 1.39 bits per heavy atom. The number of carbonyl (C=O) groups excluding carboxylic acids is 1. The minimum absolute atomic E-state index is 0.153. The molecule has 1 atom stereocenters. The van der Waals surface area contributed by atoms with Crippen LogP contribution in [0.5, 0.6) is 0 Å². The first-order valence-corrected chi connectivity index (χ1v) is 8.00. The van der Waals surface area contributed by atoms with Gasteiger partial charge in [-0.05, 0) is 33.6 Å². The molecule has 0 spiro atoms. The molecule has 0 bridgehead atoms. The summed E-state index contributed by atoms with van der Waals surface area (Å²) in [4.78, 5) is 11.9. The molecule has 0 radical (unpaired) electrons. The summed E-state index contributed by atoms with van der Waals surface area (Å²) in [6, 6.07) is 0.279. The molecule has 0 aromatic heterocycles. The first-order chi connectivity index (χ1) is 8.48. The van der Waals surface area contributed by atoms with Crippen molar-refractivity contribution in [3.8, 4) is 0 Å². The molecule has 0 saturated heterocycles. The van der Waals surface area contributed by atoms with Crippen LogP contribution in [0.2, 0.25) is 0 Å². The van der Waals surface area contributed by atoms with Gasteiger partial charge in [0.2, 0.25) is 0 Å².